The van der Waals surface area contributed by atoms with Crippen LogP contribution in [0.2, 0.25) is 26.2 Å². The Kier molecular flexibility index (Phi) is 9.07. The van der Waals surface area contributed by atoms with Crippen LogP contribution < -0.4 is 0 Å². The second-order valence-electron chi connectivity index (χ2n) is 4.01. The first-order chi connectivity index (χ1) is 6.95. The highest BCUT2D eigenvalue weighted by atomic mass is 127. The lowest BCUT2D eigenvalue weighted by Crippen LogP contribution is -2.44. The fourth-order valence-corrected chi connectivity index (χ4v) is 4.60. The molecule has 7 heteroatoms. The van der Waals surface area contributed by atoms with Gasteiger partial charge in [-0.3, -0.25) is 0 Å². The summed E-state index contributed by atoms with van der Waals surface area (Å²) in [7, 11) is -1.58. The largest absolute Gasteiger partial charge is 0.382 e. The fraction of sp³-hybridized carbons (Fsp3) is 1.00. The molecular weight excluding hydrogens is 355 g/mol. The Morgan fingerprint density at radius 2 is 1.60 bits per heavy atom. The summed E-state index contributed by atoms with van der Waals surface area (Å²) in [5, 5.41) is 0. The predicted octanol–water partition coefficient (Wildman–Crippen LogP) is 1.15. The average molecular weight is 378 g/mol. The quantitative estimate of drug-likeness (QED) is 0.275. The van der Waals surface area contributed by atoms with Crippen molar-refractivity contribution < 1.29 is 13.3 Å². The van der Waals surface area contributed by atoms with Crippen molar-refractivity contribution >= 4 is 51.2 Å². The standard InChI is InChI=1S/C8H23IO3Si3/c1-14(2)11-8(10-13,6-5-7-9)12-15(3)4/h14-15H,5-7H2,1-4,13H3. The Morgan fingerprint density at radius 3 is 1.87 bits per heavy atom. The van der Waals surface area contributed by atoms with Crippen LogP contribution in [0, 0.1) is 0 Å². The minimum atomic E-state index is -1.12. The van der Waals surface area contributed by atoms with E-state index in [1.807, 2.05) is 0 Å². The number of rotatable bonds is 8. The maximum Gasteiger partial charge on any atom is 0.253 e. The van der Waals surface area contributed by atoms with Gasteiger partial charge >= 0.3 is 0 Å². The van der Waals surface area contributed by atoms with Crippen molar-refractivity contribution in [2.24, 2.45) is 0 Å². The van der Waals surface area contributed by atoms with Gasteiger partial charge in [0.15, 0.2) is 28.6 Å². The molecule has 0 aromatic carbocycles. The molecule has 92 valence electrons. The molecule has 0 saturated heterocycles. The van der Waals surface area contributed by atoms with Crippen LogP contribution in [0.3, 0.4) is 0 Å². The Hall–Kier alpha value is 1.26. The average Bonchev–Trinajstić information content (AvgIpc) is 2.12. The van der Waals surface area contributed by atoms with Gasteiger partial charge in [-0.2, -0.15) is 0 Å². The summed E-state index contributed by atoms with van der Waals surface area (Å²) in [6.07, 6.45) is 1.96. The first kappa shape index (κ1) is 16.3. The Labute approximate surface area is 113 Å². The number of halogens is 1. The minimum Gasteiger partial charge on any atom is -0.382 e. The third kappa shape index (κ3) is 7.23. The Bertz CT molecular complexity index is 159. The molecule has 0 aromatic rings. The molecule has 0 amide bonds. The first-order valence-electron chi connectivity index (χ1n) is 5.42. The summed E-state index contributed by atoms with van der Waals surface area (Å²) in [4.78, 5) is 0. The second-order valence-corrected chi connectivity index (χ2v) is 10.2. The summed E-state index contributed by atoms with van der Waals surface area (Å²) >= 11 is 2.38. The van der Waals surface area contributed by atoms with E-state index >= 15 is 0 Å². The van der Waals surface area contributed by atoms with Crippen LogP contribution in [0.25, 0.3) is 0 Å². The number of hydrogen-bond donors (Lipinski definition) is 0. The monoisotopic (exact) mass is 378 g/mol. The number of alkyl halides is 1. The molecule has 0 aliphatic carbocycles. The van der Waals surface area contributed by atoms with Crippen molar-refractivity contribution in [3.05, 3.63) is 0 Å². The van der Waals surface area contributed by atoms with Crippen LogP contribution in [0.4, 0.5) is 0 Å². The molecule has 0 bridgehead atoms. The zero-order valence-corrected chi connectivity index (χ0v) is 16.8. The third-order valence-electron chi connectivity index (χ3n) is 1.76. The summed E-state index contributed by atoms with van der Waals surface area (Å²) in [6, 6.07) is 0. The van der Waals surface area contributed by atoms with E-state index in [9.17, 15) is 0 Å². The molecule has 0 aliphatic heterocycles. The normalized spacial score (nSPS) is 13.0. The minimum absolute atomic E-state index is 0.666. The van der Waals surface area contributed by atoms with Gasteiger partial charge in [0.25, 0.3) is 5.97 Å². The lowest BCUT2D eigenvalue weighted by molar-refractivity contribution is -0.261. The van der Waals surface area contributed by atoms with Crippen LogP contribution >= 0.6 is 22.6 Å². The second kappa shape index (κ2) is 8.37. The van der Waals surface area contributed by atoms with E-state index < -0.39 is 24.1 Å². The van der Waals surface area contributed by atoms with Gasteiger partial charge < -0.3 is 13.3 Å². The number of hydrogen-bond acceptors (Lipinski definition) is 3. The topological polar surface area (TPSA) is 27.7 Å². The van der Waals surface area contributed by atoms with E-state index in [4.69, 9.17) is 13.3 Å². The van der Waals surface area contributed by atoms with Gasteiger partial charge in [-0.1, -0.05) is 22.6 Å². The molecule has 0 spiro atoms. The Balaban J connectivity index is 4.44. The molecule has 0 rings (SSSR count). The zero-order chi connectivity index (χ0) is 11.9. The maximum absolute atomic E-state index is 5.96. The van der Waals surface area contributed by atoms with E-state index in [-0.39, 0.29) is 0 Å². The van der Waals surface area contributed by atoms with Gasteiger partial charge in [-0.15, -0.1) is 0 Å². The van der Waals surface area contributed by atoms with Crippen LogP contribution in [-0.2, 0) is 13.3 Å². The zero-order valence-electron chi connectivity index (χ0n) is 10.4. The van der Waals surface area contributed by atoms with E-state index in [2.05, 4.69) is 48.8 Å². The summed E-state index contributed by atoms with van der Waals surface area (Å²) < 4.78 is 18.7. The molecule has 3 nitrogen and oxygen atoms in total. The molecule has 0 aromatic heterocycles. The molecule has 0 aliphatic rings. The highest BCUT2D eigenvalue weighted by Gasteiger charge is 2.32. The van der Waals surface area contributed by atoms with Crippen molar-refractivity contribution in [2.75, 3.05) is 4.43 Å². The molecule has 0 unspecified atom stereocenters. The first-order valence-corrected chi connectivity index (χ1v) is 13.3. The third-order valence-corrected chi connectivity index (χ3v) is 4.80. The van der Waals surface area contributed by atoms with Gasteiger partial charge in [0.05, 0.1) is 0 Å². The summed E-state index contributed by atoms with van der Waals surface area (Å²) in [5.41, 5.74) is 0. The smallest absolute Gasteiger partial charge is 0.253 e. The lowest BCUT2D eigenvalue weighted by atomic mass is 10.3. The van der Waals surface area contributed by atoms with E-state index in [1.165, 1.54) is 0 Å². The van der Waals surface area contributed by atoms with E-state index in [0.29, 0.717) is 10.5 Å². The molecule has 15 heavy (non-hydrogen) atoms. The van der Waals surface area contributed by atoms with Gasteiger partial charge in [-0.25, -0.2) is 0 Å². The molecule has 0 fully saturated rings. The van der Waals surface area contributed by atoms with Crippen LogP contribution in [0.15, 0.2) is 0 Å². The van der Waals surface area contributed by atoms with Gasteiger partial charge in [0, 0.05) is 6.42 Å². The van der Waals surface area contributed by atoms with Crippen molar-refractivity contribution in [1.82, 2.24) is 0 Å². The van der Waals surface area contributed by atoms with Crippen molar-refractivity contribution in [2.45, 2.75) is 45.0 Å². The van der Waals surface area contributed by atoms with E-state index in [1.54, 1.807) is 0 Å². The molecular formula is C8H23IO3Si3. The van der Waals surface area contributed by atoms with Crippen molar-refractivity contribution in [3.8, 4) is 0 Å². The van der Waals surface area contributed by atoms with Gasteiger partial charge in [0.2, 0.25) is 0 Å². The SMILES string of the molecule is C[SiH](C)OC(CCCI)(O[SiH3])O[SiH](C)C. The molecule has 0 saturated carbocycles. The summed E-state index contributed by atoms with van der Waals surface area (Å²) in [5.74, 6) is -0.682. The highest BCUT2D eigenvalue weighted by Crippen LogP contribution is 2.23. The van der Waals surface area contributed by atoms with Gasteiger partial charge in [0.1, 0.15) is 0 Å². The lowest BCUT2D eigenvalue weighted by Gasteiger charge is -2.36. The Morgan fingerprint density at radius 1 is 1.13 bits per heavy atom. The maximum atomic E-state index is 5.96. The predicted molar refractivity (Wildman–Crippen MR) is 81.8 cm³/mol. The highest BCUT2D eigenvalue weighted by molar-refractivity contribution is 14.1. The molecule has 0 atom stereocenters. The van der Waals surface area contributed by atoms with Crippen LogP contribution in [0.5, 0.6) is 0 Å². The molecule has 0 radical (unpaired) electrons. The van der Waals surface area contributed by atoms with Crippen LogP contribution in [0.1, 0.15) is 12.8 Å². The fourth-order valence-electron chi connectivity index (χ4n) is 1.35. The molecule has 0 heterocycles. The summed E-state index contributed by atoms with van der Waals surface area (Å²) in [6.45, 7) is 8.63. The molecule has 0 N–H and O–H groups in total. The van der Waals surface area contributed by atoms with Crippen LogP contribution in [-0.4, -0.2) is 39.0 Å². The van der Waals surface area contributed by atoms with E-state index in [0.717, 1.165) is 17.3 Å². The van der Waals surface area contributed by atoms with Crippen molar-refractivity contribution in [1.29, 1.82) is 0 Å². The van der Waals surface area contributed by atoms with Crippen molar-refractivity contribution in [3.63, 3.8) is 0 Å². The van der Waals surface area contributed by atoms with Gasteiger partial charge in [-0.05, 0) is 37.0 Å².